The predicted octanol–water partition coefficient (Wildman–Crippen LogP) is 4.46. The SMILES string of the molecule is Cc1cc(C)c(NC(=O)CSc2nccnc2N2CCN(c3ccccc3)CC2)c(C)c1. The van der Waals surface area contributed by atoms with Gasteiger partial charge in [-0.25, -0.2) is 9.97 Å². The van der Waals surface area contributed by atoms with Crippen LogP contribution in [0.15, 0.2) is 59.9 Å². The van der Waals surface area contributed by atoms with E-state index in [2.05, 4.69) is 68.4 Å². The van der Waals surface area contributed by atoms with Gasteiger partial charge < -0.3 is 15.1 Å². The first kappa shape index (κ1) is 22.1. The number of benzene rings is 2. The Morgan fingerprint density at radius 3 is 2.25 bits per heavy atom. The Bertz CT molecular complexity index is 1060. The number of carbonyl (C=O) groups is 1. The van der Waals surface area contributed by atoms with E-state index >= 15 is 0 Å². The third kappa shape index (κ3) is 5.22. The van der Waals surface area contributed by atoms with Crippen molar-refractivity contribution in [3.8, 4) is 0 Å². The maximum Gasteiger partial charge on any atom is 0.234 e. The lowest BCUT2D eigenvalue weighted by atomic mass is 10.1. The van der Waals surface area contributed by atoms with Crippen LogP contribution in [0.4, 0.5) is 17.2 Å². The van der Waals surface area contributed by atoms with E-state index in [9.17, 15) is 4.79 Å². The standard InChI is InChI=1S/C25H29N5OS/c1-18-15-19(2)23(20(3)16-18)28-22(31)17-32-25-24(26-9-10-27-25)30-13-11-29(12-14-30)21-7-5-4-6-8-21/h4-10,15-16H,11-14,17H2,1-3H3,(H,28,31). The van der Waals surface area contributed by atoms with Gasteiger partial charge in [-0.1, -0.05) is 47.7 Å². The van der Waals surface area contributed by atoms with Gasteiger partial charge in [0.2, 0.25) is 5.91 Å². The van der Waals surface area contributed by atoms with Crippen LogP contribution < -0.4 is 15.1 Å². The number of thioether (sulfide) groups is 1. The second-order valence-electron chi connectivity index (χ2n) is 8.11. The zero-order valence-electron chi connectivity index (χ0n) is 18.8. The molecule has 166 valence electrons. The summed E-state index contributed by atoms with van der Waals surface area (Å²) in [5.41, 5.74) is 5.51. The third-order valence-corrected chi connectivity index (χ3v) is 6.60. The summed E-state index contributed by atoms with van der Waals surface area (Å²) >= 11 is 1.44. The second kappa shape index (κ2) is 10.0. The van der Waals surface area contributed by atoms with Gasteiger partial charge in [0, 0.05) is 49.9 Å². The number of nitrogens with one attached hydrogen (secondary N) is 1. The van der Waals surface area contributed by atoms with Gasteiger partial charge in [-0.15, -0.1) is 0 Å². The largest absolute Gasteiger partial charge is 0.368 e. The number of aromatic nitrogens is 2. The average Bonchev–Trinajstić information content (AvgIpc) is 2.81. The van der Waals surface area contributed by atoms with Crippen molar-refractivity contribution in [3.63, 3.8) is 0 Å². The molecule has 1 amide bonds. The molecule has 32 heavy (non-hydrogen) atoms. The van der Waals surface area contributed by atoms with Crippen molar-refractivity contribution in [2.75, 3.05) is 47.0 Å². The highest BCUT2D eigenvalue weighted by Gasteiger charge is 2.21. The highest BCUT2D eigenvalue weighted by Crippen LogP contribution is 2.28. The van der Waals surface area contributed by atoms with Crippen molar-refractivity contribution in [2.45, 2.75) is 25.8 Å². The fraction of sp³-hybridized carbons (Fsp3) is 0.320. The van der Waals surface area contributed by atoms with E-state index in [4.69, 9.17) is 0 Å². The first-order valence-electron chi connectivity index (χ1n) is 10.9. The number of piperazine rings is 1. The summed E-state index contributed by atoms with van der Waals surface area (Å²) in [7, 11) is 0. The average molecular weight is 448 g/mol. The normalized spacial score (nSPS) is 13.8. The number of amides is 1. The van der Waals surface area contributed by atoms with Crippen molar-refractivity contribution < 1.29 is 4.79 Å². The van der Waals surface area contributed by atoms with Gasteiger partial charge >= 0.3 is 0 Å². The van der Waals surface area contributed by atoms with Crippen LogP contribution in [0.3, 0.4) is 0 Å². The predicted molar refractivity (Wildman–Crippen MR) is 133 cm³/mol. The Labute approximate surface area is 194 Å². The van der Waals surface area contributed by atoms with Gasteiger partial charge in [0.25, 0.3) is 0 Å². The fourth-order valence-corrected chi connectivity index (χ4v) is 4.92. The van der Waals surface area contributed by atoms with Crippen LogP contribution >= 0.6 is 11.8 Å². The Morgan fingerprint density at radius 1 is 0.938 bits per heavy atom. The number of nitrogens with zero attached hydrogens (tertiary/aromatic N) is 4. The van der Waals surface area contributed by atoms with Crippen molar-refractivity contribution in [3.05, 3.63) is 71.5 Å². The van der Waals surface area contributed by atoms with Gasteiger partial charge in [0.1, 0.15) is 5.03 Å². The van der Waals surface area contributed by atoms with Crippen LogP contribution in [0.2, 0.25) is 0 Å². The third-order valence-electron chi connectivity index (χ3n) is 5.63. The van der Waals surface area contributed by atoms with E-state index in [1.165, 1.54) is 23.0 Å². The number of hydrogen-bond donors (Lipinski definition) is 1. The quantitative estimate of drug-likeness (QED) is 0.563. The number of anilines is 3. The minimum atomic E-state index is -0.0319. The molecule has 1 fully saturated rings. The minimum Gasteiger partial charge on any atom is -0.368 e. The molecule has 2 heterocycles. The maximum atomic E-state index is 12.7. The minimum absolute atomic E-state index is 0.0319. The molecule has 6 nitrogen and oxygen atoms in total. The maximum absolute atomic E-state index is 12.7. The van der Waals surface area contributed by atoms with Crippen LogP contribution in [-0.2, 0) is 4.79 Å². The van der Waals surface area contributed by atoms with Gasteiger partial charge in [-0.3, -0.25) is 4.79 Å². The Morgan fingerprint density at radius 2 is 1.56 bits per heavy atom. The lowest BCUT2D eigenvalue weighted by Gasteiger charge is -2.37. The number of rotatable bonds is 6. The summed E-state index contributed by atoms with van der Waals surface area (Å²) in [5.74, 6) is 1.12. The van der Waals surface area contributed by atoms with Gasteiger partial charge in [0.15, 0.2) is 5.82 Å². The molecule has 0 aliphatic carbocycles. The highest BCUT2D eigenvalue weighted by atomic mass is 32.2. The summed E-state index contributed by atoms with van der Waals surface area (Å²) in [4.78, 5) is 26.4. The lowest BCUT2D eigenvalue weighted by Crippen LogP contribution is -2.47. The summed E-state index contributed by atoms with van der Waals surface area (Å²) in [5, 5.41) is 3.87. The zero-order chi connectivity index (χ0) is 22.5. The Balaban J connectivity index is 1.37. The van der Waals surface area contributed by atoms with Crippen LogP contribution in [-0.4, -0.2) is 47.8 Å². The van der Waals surface area contributed by atoms with E-state index in [1.807, 2.05) is 19.9 Å². The molecule has 0 saturated carbocycles. The van der Waals surface area contributed by atoms with Crippen LogP contribution in [0.1, 0.15) is 16.7 Å². The van der Waals surface area contributed by atoms with E-state index < -0.39 is 0 Å². The second-order valence-corrected chi connectivity index (χ2v) is 9.07. The molecular weight excluding hydrogens is 418 g/mol. The number of aryl methyl sites for hydroxylation is 3. The zero-order valence-corrected chi connectivity index (χ0v) is 19.7. The molecule has 7 heteroatoms. The molecule has 1 aromatic heterocycles. The topological polar surface area (TPSA) is 61.4 Å². The van der Waals surface area contributed by atoms with E-state index in [1.54, 1.807) is 12.4 Å². The monoisotopic (exact) mass is 447 g/mol. The summed E-state index contributed by atoms with van der Waals surface area (Å²) in [6.45, 7) is 9.71. The highest BCUT2D eigenvalue weighted by molar-refractivity contribution is 8.00. The first-order chi connectivity index (χ1) is 15.5. The van der Waals surface area contributed by atoms with Gasteiger partial charge in [-0.05, 0) is 44.0 Å². The summed E-state index contributed by atoms with van der Waals surface area (Å²) < 4.78 is 0. The smallest absolute Gasteiger partial charge is 0.234 e. The molecule has 1 saturated heterocycles. The molecule has 0 radical (unpaired) electrons. The molecular formula is C25H29N5OS. The number of hydrogen-bond acceptors (Lipinski definition) is 6. The molecule has 0 bridgehead atoms. The Hall–Kier alpha value is -3.06. The summed E-state index contributed by atoms with van der Waals surface area (Å²) in [6, 6.07) is 14.7. The molecule has 0 spiro atoms. The van der Waals surface area contributed by atoms with Crippen molar-refractivity contribution >= 4 is 34.9 Å². The summed E-state index contributed by atoms with van der Waals surface area (Å²) in [6.07, 6.45) is 3.42. The molecule has 1 N–H and O–H groups in total. The number of para-hydroxylation sites is 1. The molecule has 2 aromatic carbocycles. The van der Waals surface area contributed by atoms with E-state index in [-0.39, 0.29) is 5.91 Å². The van der Waals surface area contributed by atoms with Crippen molar-refractivity contribution in [1.82, 2.24) is 9.97 Å². The lowest BCUT2D eigenvalue weighted by molar-refractivity contribution is -0.113. The molecule has 4 rings (SSSR count). The van der Waals surface area contributed by atoms with Crippen molar-refractivity contribution in [2.24, 2.45) is 0 Å². The first-order valence-corrected chi connectivity index (χ1v) is 11.9. The van der Waals surface area contributed by atoms with Crippen LogP contribution in [0.25, 0.3) is 0 Å². The molecule has 1 aliphatic rings. The molecule has 0 atom stereocenters. The molecule has 1 aliphatic heterocycles. The van der Waals surface area contributed by atoms with Gasteiger partial charge in [0.05, 0.1) is 5.75 Å². The van der Waals surface area contributed by atoms with E-state index in [0.29, 0.717) is 5.75 Å². The van der Waals surface area contributed by atoms with Crippen LogP contribution in [0, 0.1) is 20.8 Å². The van der Waals surface area contributed by atoms with E-state index in [0.717, 1.165) is 53.8 Å². The van der Waals surface area contributed by atoms with Crippen molar-refractivity contribution in [1.29, 1.82) is 0 Å². The Kier molecular flexibility index (Phi) is 6.95. The molecule has 3 aromatic rings. The van der Waals surface area contributed by atoms with Gasteiger partial charge in [-0.2, -0.15) is 0 Å². The fourth-order valence-electron chi connectivity index (χ4n) is 4.14. The van der Waals surface area contributed by atoms with Crippen LogP contribution in [0.5, 0.6) is 0 Å². The number of carbonyl (C=O) groups excluding carboxylic acids is 1. The molecule has 0 unspecified atom stereocenters.